The number of nitrogens with one attached hydrogen (secondary N) is 2. The lowest BCUT2D eigenvalue weighted by Gasteiger charge is -2.19. The van der Waals surface area contributed by atoms with Gasteiger partial charge < -0.3 is 15.7 Å². The van der Waals surface area contributed by atoms with Crippen molar-refractivity contribution >= 4 is 12.0 Å². The number of hydrogen-bond donors (Lipinski definition) is 3. The molecule has 0 bridgehead atoms. The Morgan fingerprint density at radius 3 is 2.70 bits per heavy atom. The molecule has 2 amide bonds. The maximum atomic E-state index is 11.9. The van der Waals surface area contributed by atoms with Crippen molar-refractivity contribution < 1.29 is 14.7 Å². The Morgan fingerprint density at radius 1 is 1.40 bits per heavy atom. The number of hydrogen-bond acceptors (Lipinski definition) is 3. The number of aromatic nitrogens is 1. The van der Waals surface area contributed by atoms with Crippen molar-refractivity contribution in [1.29, 1.82) is 0 Å². The molecule has 0 aliphatic heterocycles. The summed E-state index contributed by atoms with van der Waals surface area (Å²) < 4.78 is 0. The van der Waals surface area contributed by atoms with Crippen LogP contribution in [-0.4, -0.2) is 28.1 Å². The molecule has 0 aromatic carbocycles. The fraction of sp³-hybridized carbons (Fsp3) is 0.500. The third kappa shape index (κ3) is 4.22. The molecule has 2 atom stereocenters. The number of nitrogens with zero attached hydrogens (tertiary/aromatic N) is 1. The van der Waals surface area contributed by atoms with Gasteiger partial charge in [0.1, 0.15) is 0 Å². The second-order valence-electron chi connectivity index (χ2n) is 5.14. The normalized spacial score (nSPS) is 17.1. The van der Waals surface area contributed by atoms with Gasteiger partial charge in [0.25, 0.3) is 0 Å². The van der Waals surface area contributed by atoms with Crippen LogP contribution in [0.4, 0.5) is 4.79 Å². The molecule has 1 aliphatic carbocycles. The van der Waals surface area contributed by atoms with E-state index in [9.17, 15) is 9.59 Å². The lowest BCUT2D eigenvalue weighted by atomic mass is 10.1. The van der Waals surface area contributed by atoms with Crippen LogP contribution in [0.1, 0.15) is 37.9 Å². The topological polar surface area (TPSA) is 91.3 Å². The number of carbonyl (C=O) groups excluding carboxylic acids is 1. The lowest BCUT2D eigenvalue weighted by molar-refractivity contribution is -0.137. The van der Waals surface area contributed by atoms with E-state index in [0.717, 1.165) is 18.5 Å². The zero-order valence-electron chi connectivity index (χ0n) is 11.4. The molecule has 1 fully saturated rings. The predicted molar refractivity (Wildman–Crippen MR) is 73.1 cm³/mol. The first-order chi connectivity index (χ1) is 9.56. The quantitative estimate of drug-likeness (QED) is 0.738. The van der Waals surface area contributed by atoms with Crippen molar-refractivity contribution in [3.63, 3.8) is 0 Å². The van der Waals surface area contributed by atoms with Gasteiger partial charge in [0.2, 0.25) is 0 Å². The van der Waals surface area contributed by atoms with Gasteiger partial charge in [-0.1, -0.05) is 6.07 Å². The van der Waals surface area contributed by atoms with E-state index in [1.165, 1.54) is 0 Å². The number of carbonyl (C=O) groups is 2. The monoisotopic (exact) mass is 277 g/mol. The smallest absolute Gasteiger partial charge is 0.315 e. The molecule has 108 valence electrons. The second-order valence-corrected chi connectivity index (χ2v) is 5.14. The van der Waals surface area contributed by atoms with Crippen molar-refractivity contribution in [3.8, 4) is 0 Å². The van der Waals surface area contributed by atoms with Gasteiger partial charge in [0.05, 0.1) is 18.2 Å². The number of carboxylic acid groups (broad SMARTS) is 1. The fourth-order valence-corrected chi connectivity index (χ4v) is 2.14. The Balaban J connectivity index is 1.86. The molecule has 6 heteroatoms. The largest absolute Gasteiger partial charge is 0.481 e. The van der Waals surface area contributed by atoms with E-state index >= 15 is 0 Å². The molecule has 0 saturated heterocycles. The average Bonchev–Trinajstić information content (AvgIpc) is 3.22. The van der Waals surface area contributed by atoms with Crippen LogP contribution in [0.25, 0.3) is 0 Å². The molecule has 1 aliphatic rings. The summed E-state index contributed by atoms with van der Waals surface area (Å²) in [6.07, 6.45) is 3.60. The summed E-state index contributed by atoms with van der Waals surface area (Å²) in [5.41, 5.74) is 0.767. The number of urea groups is 1. The molecule has 6 nitrogen and oxygen atoms in total. The summed E-state index contributed by atoms with van der Waals surface area (Å²) in [5.74, 6) is -0.595. The van der Waals surface area contributed by atoms with E-state index < -0.39 is 5.97 Å². The zero-order valence-corrected chi connectivity index (χ0v) is 11.4. The molecule has 1 heterocycles. The van der Waals surface area contributed by atoms with Crippen LogP contribution in [0.2, 0.25) is 0 Å². The first-order valence-electron chi connectivity index (χ1n) is 6.76. The van der Waals surface area contributed by atoms with Gasteiger partial charge in [-0.3, -0.25) is 9.78 Å². The van der Waals surface area contributed by atoms with Crippen LogP contribution in [0.15, 0.2) is 24.4 Å². The molecular formula is C14H19N3O3. The summed E-state index contributed by atoms with van der Waals surface area (Å²) in [6.45, 7) is 1.84. The summed E-state index contributed by atoms with van der Waals surface area (Å²) in [7, 11) is 0. The highest BCUT2D eigenvalue weighted by molar-refractivity contribution is 5.76. The number of pyridine rings is 1. The van der Waals surface area contributed by atoms with Crippen LogP contribution in [0.3, 0.4) is 0 Å². The van der Waals surface area contributed by atoms with Crippen LogP contribution in [-0.2, 0) is 4.79 Å². The highest BCUT2D eigenvalue weighted by Gasteiger charge is 2.33. The summed E-state index contributed by atoms with van der Waals surface area (Å²) in [5, 5.41) is 14.4. The number of amides is 2. The standard InChI is InChI=1S/C14H19N3O3/c1-9(11-4-2-3-7-15-11)16-14(20)17-12(8-13(18)19)10-5-6-10/h2-4,7,9-10,12H,5-6,8H2,1H3,(H,18,19)(H2,16,17,20). The van der Waals surface area contributed by atoms with Gasteiger partial charge in [-0.2, -0.15) is 0 Å². The fourth-order valence-electron chi connectivity index (χ4n) is 2.14. The van der Waals surface area contributed by atoms with Gasteiger partial charge in [0, 0.05) is 12.2 Å². The lowest BCUT2D eigenvalue weighted by Crippen LogP contribution is -2.45. The molecule has 3 N–H and O–H groups in total. The summed E-state index contributed by atoms with van der Waals surface area (Å²) in [4.78, 5) is 26.9. The van der Waals surface area contributed by atoms with Crippen LogP contribution in [0, 0.1) is 5.92 Å². The molecule has 1 aromatic rings. The molecular weight excluding hydrogens is 258 g/mol. The van der Waals surface area contributed by atoms with Gasteiger partial charge in [0.15, 0.2) is 0 Å². The third-order valence-electron chi connectivity index (χ3n) is 3.38. The molecule has 2 rings (SSSR count). The van der Waals surface area contributed by atoms with Gasteiger partial charge in [-0.25, -0.2) is 4.79 Å². The summed E-state index contributed by atoms with van der Waals surface area (Å²) >= 11 is 0. The molecule has 0 radical (unpaired) electrons. The van der Waals surface area contributed by atoms with E-state index in [2.05, 4.69) is 15.6 Å². The van der Waals surface area contributed by atoms with E-state index in [1.807, 2.05) is 25.1 Å². The van der Waals surface area contributed by atoms with E-state index in [1.54, 1.807) is 6.20 Å². The van der Waals surface area contributed by atoms with Gasteiger partial charge in [-0.05, 0) is 37.8 Å². The Hall–Kier alpha value is -2.11. The minimum atomic E-state index is -0.889. The number of rotatable bonds is 6. The molecule has 20 heavy (non-hydrogen) atoms. The zero-order chi connectivity index (χ0) is 14.5. The maximum absolute atomic E-state index is 11.9. The van der Waals surface area contributed by atoms with Gasteiger partial charge in [-0.15, -0.1) is 0 Å². The van der Waals surface area contributed by atoms with E-state index in [-0.39, 0.29) is 24.5 Å². The highest BCUT2D eigenvalue weighted by Crippen LogP contribution is 2.34. The van der Waals surface area contributed by atoms with Crippen LogP contribution >= 0.6 is 0 Å². The van der Waals surface area contributed by atoms with Crippen molar-refractivity contribution in [2.75, 3.05) is 0 Å². The molecule has 0 spiro atoms. The molecule has 1 saturated carbocycles. The Kier molecular flexibility index (Phi) is 4.55. The Labute approximate surface area is 117 Å². The third-order valence-corrected chi connectivity index (χ3v) is 3.38. The average molecular weight is 277 g/mol. The first-order valence-corrected chi connectivity index (χ1v) is 6.76. The van der Waals surface area contributed by atoms with E-state index in [0.29, 0.717) is 5.92 Å². The number of aliphatic carboxylic acids is 1. The van der Waals surface area contributed by atoms with Crippen molar-refractivity contribution in [2.45, 2.75) is 38.3 Å². The predicted octanol–water partition coefficient (Wildman–Crippen LogP) is 1.70. The van der Waals surface area contributed by atoms with Crippen molar-refractivity contribution in [2.24, 2.45) is 5.92 Å². The maximum Gasteiger partial charge on any atom is 0.315 e. The van der Waals surface area contributed by atoms with Crippen LogP contribution in [0.5, 0.6) is 0 Å². The van der Waals surface area contributed by atoms with Gasteiger partial charge >= 0.3 is 12.0 Å². The Morgan fingerprint density at radius 2 is 2.15 bits per heavy atom. The first kappa shape index (κ1) is 14.3. The SMILES string of the molecule is CC(NC(=O)NC(CC(=O)O)C1CC1)c1ccccn1. The minimum absolute atomic E-state index is 0.0317. The summed E-state index contributed by atoms with van der Waals surface area (Å²) in [6, 6.07) is 4.65. The second kappa shape index (κ2) is 6.36. The minimum Gasteiger partial charge on any atom is -0.481 e. The molecule has 1 aromatic heterocycles. The molecule has 2 unspecified atom stereocenters. The van der Waals surface area contributed by atoms with Crippen molar-refractivity contribution in [1.82, 2.24) is 15.6 Å². The number of carboxylic acids is 1. The Bertz CT molecular complexity index is 474. The van der Waals surface area contributed by atoms with Crippen molar-refractivity contribution in [3.05, 3.63) is 30.1 Å². The van der Waals surface area contributed by atoms with E-state index in [4.69, 9.17) is 5.11 Å². The van der Waals surface area contributed by atoms with Crippen LogP contribution < -0.4 is 10.6 Å². The highest BCUT2D eigenvalue weighted by atomic mass is 16.4.